The average molecular weight is 322 g/mol. The van der Waals surface area contributed by atoms with Crippen molar-refractivity contribution in [3.05, 3.63) is 59.2 Å². The van der Waals surface area contributed by atoms with Gasteiger partial charge in [-0.15, -0.1) is 0 Å². The minimum atomic E-state index is 0.409. The number of benzene rings is 1. The molecule has 0 radical (unpaired) electrons. The molecule has 5 heteroatoms. The van der Waals surface area contributed by atoms with Crippen molar-refractivity contribution in [3.8, 4) is 6.07 Å². The van der Waals surface area contributed by atoms with E-state index in [4.69, 9.17) is 4.74 Å². The van der Waals surface area contributed by atoms with Crippen molar-refractivity contribution in [2.75, 3.05) is 20.2 Å². The summed E-state index contributed by atoms with van der Waals surface area (Å²) in [6.07, 6.45) is 4.10. The third-order valence-electron chi connectivity index (χ3n) is 4.46. The Bertz CT molecular complexity index is 725. The molecule has 2 heterocycles. The molecule has 0 saturated carbocycles. The lowest BCUT2D eigenvalue weighted by atomic mass is 9.94. The Morgan fingerprint density at radius 2 is 2.21 bits per heavy atom. The van der Waals surface area contributed by atoms with E-state index < -0.39 is 0 Å². The second-order valence-electron chi connectivity index (χ2n) is 6.17. The van der Waals surface area contributed by atoms with Crippen molar-refractivity contribution in [1.29, 1.82) is 5.26 Å². The molecule has 1 aliphatic heterocycles. The van der Waals surface area contributed by atoms with Gasteiger partial charge in [0.1, 0.15) is 6.61 Å². The molecule has 0 aliphatic carbocycles. The van der Waals surface area contributed by atoms with E-state index in [2.05, 4.69) is 20.9 Å². The molecule has 0 amide bonds. The minimum absolute atomic E-state index is 0.409. The van der Waals surface area contributed by atoms with Crippen LogP contribution in [-0.2, 0) is 17.9 Å². The summed E-state index contributed by atoms with van der Waals surface area (Å²) in [5, 5.41) is 9.26. The lowest BCUT2D eigenvalue weighted by Crippen LogP contribution is -2.34. The molecule has 1 atom stereocenters. The molecule has 1 aromatic heterocycles. The molecule has 1 fully saturated rings. The summed E-state index contributed by atoms with van der Waals surface area (Å²) in [4.78, 5) is 11.3. The standard InChI is InChI=1S/C19H22N4O/c1-24-14-19-21-9-8-18(22-19)17-7-4-10-23(13-17)12-16-6-3-2-5-15(16)11-20/h2-3,5-6,8-9,17H,4,7,10,12-14H2,1H3/t17-/m1/s1. The molecule has 0 unspecified atom stereocenters. The van der Waals surface area contributed by atoms with Crippen LogP contribution < -0.4 is 0 Å². The second kappa shape index (κ2) is 8.00. The van der Waals surface area contributed by atoms with Crippen LogP contribution in [0.25, 0.3) is 0 Å². The van der Waals surface area contributed by atoms with Gasteiger partial charge in [0.2, 0.25) is 0 Å². The number of likely N-dealkylation sites (tertiary alicyclic amines) is 1. The van der Waals surface area contributed by atoms with Gasteiger partial charge < -0.3 is 4.74 Å². The van der Waals surface area contributed by atoms with Crippen molar-refractivity contribution in [2.24, 2.45) is 0 Å². The Morgan fingerprint density at radius 1 is 1.33 bits per heavy atom. The summed E-state index contributed by atoms with van der Waals surface area (Å²) in [6, 6.07) is 12.1. The van der Waals surface area contributed by atoms with E-state index in [9.17, 15) is 5.26 Å². The molecule has 0 bridgehead atoms. The zero-order valence-corrected chi connectivity index (χ0v) is 14.0. The fourth-order valence-electron chi connectivity index (χ4n) is 3.29. The summed E-state index contributed by atoms with van der Waals surface area (Å²) in [5.41, 5.74) is 2.96. The molecule has 0 N–H and O–H groups in total. The van der Waals surface area contributed by atoms with Gasteiger partial charge >= 0.3 is 0 Å². The molecule has 5 nitrogen and oxygen atoms in total. The fraction of sp³-hybridized carbons (Fsp3) is 0.421. The van der Waals surface area contributed by atoms with Crippen LogP contribution in [0.5, 0.6) is 0 Å². The number of nitrogens with zero attached hydrogens (tertiary/aromatic N) is 4. The topological polar surface area (TPSA) is 62.0 Å². The highest BCUT2D eigenvalue weighted by Gasteiger charge is 2.23. The first-order valence-corrected chi connectivity index (χ1v) is 8.31. The van der Waals surface area contributed by atoms with E-state index in [0.717, 1.165) is 55.1 Å². The van der Waals surface area contributed by atoms with Gasteiger partial charge in [0.05, 0.1) is 11.6 Å². The number of ether oxygens (including phenoxy) is 1. The first-order valence-electron chi connectivity index (χ1n) is 8.31. The van der Waals surface area contributed by atoms with Gasteiger partial charge in [-0.3, -0.25) is 4.90 Å². The summed E-state index contributed by atoms with van der Waals surface area (Å²) in [6.45, 7) is 3.28. The predicted molar refractivity (Wildman–Crippen MR) is 91.2 cm³/mol. The maximum absolute atomic E-state index is 9.26. The van der Waals surface area contributed by atoms with E-state index in [1.54, 1.807) is 7.11 Å². The van der Waals surface area contributed by atoms with Gasteiger partial charge in [-0.2, -0.15) is 5.26 Å². The summed E-state index contributed by atoms with van der Waals surface area (Å²) >= 11 is 0. The molecule has 2 aromatic rings. The summed E-state index contributed by atoms with van der Waals surface area (Å²) in [7, 11) is 1.66. The Morgan fingerprint density at radius 3 is 3.04 bits per heavy atom. The lowest BCUT2D eigenvalue weighted by Gasteiger charge is -2.32. The van der Waals surface area contributed by atoms with Crippen LogP contribution in [0.15, 0.2) is 36.5 Å². The number of piperidine rings is 1. The third kappa shape index (κ3) is 3.97. The number of nitriles is 1. The van der Waals surface area contributed by atoms with Crippen molar-refractivity contribution >= 4 is 0 Å². The monoisotopic (exact) mass is 322 g/mol. The smallest absolute Gasteiger partial charge is 0.154 e. The highest BCUT2D eigenvalue weighted by atomic mass is 16.5. The van der Waals surface area contributed by atoms with Crippen LogP contribution in [0.4, 0.5) is 0 Å². The van der Waals surface area contributed by atoms with Gasteiger partial charge in [0.15, 0.2) is 5.82 Å². The van der Waals surface area contributed by atoms with E-state index >= 15 is 0 Å². The SMILES string of the molecule is COCc1nccc([C@@H]2CCCN(Cc3ccccc3C#N)C2)n1. The quantitative estimate of drug-likeness (QED) is 0.847. The zero-order chi connectivity index (χ0) is 16.8. The molecule has 0 spiro atoms. The van der Waals surface area contributed by atoms with Gasteiger partial charge in [-0.1, -0.05) is 18.2 Å². The highest BCUT2D eigenvalue weighted by Crippen LogP contribution is 2.27. The first-order chi connectivity index (χ1) is 11.8. The molecule has 24 heavy (non-hydrogen) atoms. The molecule has 1 aromatic carbocycles. The minimum Gasteiger partial charge on any atom is -0.377 e. The van der Waals surface area contributed by atoms with E-state index in [0.29, 0.717) is 12.5 Å². The Labute approximate surface area is 142 Å². The molecule has 1 saturated heterocycles. The molecule has 1 aliphatic rings. The van der Waals surface area contributed by atoms with Crippen molar-refractivity contribution in [2.45, 2.75) is 31.9 Å². The fourth-order valence-corrected chi connectivity index (χ4v) is 3.29. The van der Waals surface area contributed by atoms with Crippen LogP contribution >= 0.6 is 0 Å². The highest BCUT2D eigenvalue weighted by molar-refractivity contribution is 5.37. The normalized spacial score (nSPS) is 18.2. The largest absolute Gasteiger partial charge is 0.377 e. The van der Waals surface area contributed by atoms with Crippen molar-refractivity contribution in [1.82, 2.24) is 14.9 Å². The summed E-state index contributed by atoms with van der Waals surface area (Å²) in [5.74, 6) is 1.15. The third-order valence-corrected chi connectivity index (χ3v) is 4.46. The molecule has 3 rings (SSSR count). The average Bonchev–Trinajstić information content (AvgIpc) is 2.63. The van der Waals surface area contributed by atoms with Crippen LogP contribution in [-0.4, -0.2) is 35.1 Å². The van der Waals surface area contributed by atoms with Crippen molar-refractivity contribution in [3.63, 3.8) is 0 Å². The lowest BCUT2D eigenvalue weighted by molar-refractivity contribution is 0.176. The Balaban J connectivity index is 1.70. The van der Waals surface area contributed by atoms with E-state index in [-0.39, 0.29) is 0 Å². The van der Waals surface area contributed by atoms with Gasteiger partial charge in [0.25, 0.3) is 0 Å². The zero-order valence-electron chi connectivity index (χ0n) is 14.0. The predicted octanol–water partition coefficient (Wildman–Crippen LogP) is 2.87. The van der Waals surface area contributed by atoms with Crippen LogP contribution in [0.3, 0.4) is 0 Å². The van der Waals surface area contributed by atoms with Gasteiger partial charge in [-0.05, 0) is 37.1 Å². The number of methoxy groups -OCH3 is 1. The van der Waals surface area contributed by atoms with Crippen molar-refractivity contribution < 1.29 is 4.74 Å². The maximum atomic E-state index is 9.26. The molecular weight excluding hydrogens is 300 g/mol. The van der Waals surface area contributed by atoms with Crippen LogP contribution in [0, 0.1) is 11.3 Å². The number of aromatic nitrogens is 2. The van der Waals surface area contributed by atoms with Crippen LogP contribution in [0.2, 0.25) is 0 Å². The van der Waals surface area contributed by atoms with Gasteiger partial charge in [-0.25, -0.2) is 9.97 Å². The number of hydrogen-bond donors (Lipinski definition) is 0. The molecular formula is C19H22N4O. The summed E-state index contributed by atoms with van der Waals surface area (Å²) < 4.78 is 5.13. The number of rotatable bonds is 5. The second-order valence-corrected chi connectivity index (χ2v) is 6.17. The van der Waals surface area contributed by atoms with Gasteiger partial charge in [0, 0.05) is 38.0 Å². The Kier molecular flexibility index (Phi) is 5.52. The maximum Gasteiger partial charge on any atom is 0.154 e. The Hall–Kier alpha value is -2.29. The van der Waals surface area contributed by atoms with E-state index in [1.165, 1.54) is 0 Å². The van der Waals surface area contributed by atoms with E-state index in [1.807, 2.05) is 36.5 Å². The first kappa shape index (κ1) is 16.6. The molecule has 124 valence electrons. The number of hydrogen-bond acceptors (Lipinski definition) is 5. The van der Waals surface area contributed by atoms with Crippen LogP contribution in [0.1, 0.15) is 41.4 Å².